The van der Waals surface area contributed by atoms with Crippen LogP contribution >= 0.6 is 11.6 Å². The molecule has 0 unspecified atom stereocenters. The van der Waals surface area contributed by atoms with Crippen molar-refractivity contribution in [3.05, 3.63) is 52.4 Å². The van der Waals surface area contributed by atoms with Crippen LogP contribution in [0.25, 0.3) is 16.9 Å². The van der Waals surface area contributed by atoms with Gasteiger partial charge >= 0.3 is 18.3 Å². The Morgan fingerprint density at radius 3 is 2.38 bits per heavy atom. The molecule has 1 aliphatic rings. The molecule has 1 aliphatic carbocycles. The molecule has 7 nitrogen and oxygen atoms in total. The summed E-state index contributed by atoms with van der Waals surface area (Å²) < 4.78 is 139. The number of nitrogens with zero attached hydrogens (tertiary/aromatic N) is 5. The number of carbonyl (C=O) groups is 1. The number of aromatic nitrogens is 4. The van der Waals surface area contributed by atoms with Crippen LogP contribution in [-0.4, -0.2) is 37.2 Å². The normalized spacial score (nSPS) is 19.7. The van der Waals surface area contributed by atoms with E-state index in [1.54, 1.807) is 0 Å². The highest BCUT2D eigenvalue weighted by Crippen LogP contribution is 2.49. The third kappa shape index (κ3) is 4.61. The van der Waals surface area contributed by atoms with Gasteiger partial charge in [0.05, 0.1) is 22.9 Å². The molecule has 1 fully saturated rings. The highest BCUT2D eigenvalue weighted by molar-refractivity contribution is 6.34. The molecule has 0 radical (unpaired) electrons. The summed E-state index contributed by atoms with van der Waals surface area (Å²) in [7, 11) is 0.701. The number of carbonyl (C=O) groups excluding carboxylic acids is 1. The fraction of sp³-hybridized carbons (Fsp3) is 0.333. The second-order valence-electron chi connectivity index (χ2n) is 7.67. The maximum Gasteiger partial charge on any atom is 0.459 e. The van der Waals surface area contributed by atoms with E-state index in [2.05, 4.69) is 10.2 Å². The van der Waals surface area contributed by atoms with Crippen molar-refractivity contribution in [2.24, 2.45) is 7.05 Å². The summed E-state index contributed by atoms with van der Waals surface area (Å²) >= 11 is 6.04. The van der Waals surface area contributed by atoms with Crippen molar-refractivity contribution >= 4 is 17.5 Å². The number of nitrogens with one attached hydrogen (secondary N) is 1. The summed E-state index contributed by atoms with van der Waals surface area (Å²) in [6.45, 7) is 0. The third-order valence-corrected chi connectivity index (χ3v) is 5.47. The van der Waals surface area contributed by atoms with Gasteiger partial charge in [-0.15, -0.1) is 0 Å². The largest absolute Gasteiger partial charge is 0.459 e. The summed E-state index contributed by atoms with van der Waals surface area (Å²) in [6, 6.07) is 4.81. The van der Waals surface area contributed by atoms with Gasteiger partial charge in [0.25, 0.3) is 5.91 Å². The van der Waals surface area contributed by atoms with Crippen molar-refractivity contribution in [3.8, 4) is 23.0 Å². The van der Waals surface area contributed by atoms with Gasteiger partial charge in [-0.1, -0.05) is 17.7 Å². The van der Waals surface area contributed by atoms with Gasteiger partial charge in [-0.25, -0.2) is 9.36 Å². The number of amides is 1. The topological polar surface area (TPSA) is 88.5 Å². The van der Waals surface area contributed by atoms with Crippen molar-refractivity contribution in [2.75, 3.05) is 0 Å². The van der Waals surface area contributed by atoms with E-state index < -0.39 is 65.1 Å². The van der Waals surface area contributed by atoms with Crippen LogP contribution in [0.4, 0.5) is 35.1 Å². The molecule has 16 heteroatoms. The molecule has 196 valence electrons. The molecule has 2 heterocycles. The van der Waals surface area contributed by atoms with Crippen molar-refractivity contribution in [1.29, 1.82) is 5.26 Å². The molecule has 1 amide bonds. The molecule has 1 N–H and O–H groups in total. The van der Waals surface area contributed by atoms with Crippen LogP contribution in [-0.2, 0) is 19.1 Å². The standard InChI is InChI=1S/C21H13ClF8N6O/c1-35-17(14(20(25,26)27)15(34-35)19(23,24)21(28,29)30)36-8-11(7-32-36)10-2-3-13(22)12(6-10)16(37)33-18(9-31)4-5-18/h2-3,6-8H,4-5H2,1H3,(H,33,37)/i4D2,5D2. The maximum absolute atomic E-state index is 14.0. The van der Waals surface area contributed by atoms with Crippen LogP contribution in [0.15, 0.2) is 30.6 Å². The van der Waals surface area contributed by atoms with Gasteiger partial charge in [0.15, 0.2) is 11.5 Å². The lowest BCUT2D eigenvalue weighted by Crippen LogP contribution is -2.36. The summed E-state index contributed by atoms with van der Waals surface area (Å²) in [5, 5.41) is 17.5. The average Bonchev–Trinajstić information content (AvgIpc) is 3.31. The highest BCUT2D eigenvalue weighted by atomic mass is 35.5. The molecule has 0 aliphatic heterocycles. The summed E-state index contributed by atoms with van der Waals surface area (Å²) in [6.07, 6.45) is -15.9. The second kappa shape index (κ2) is 8.44. The molecule has 0 bridgehead atoms. The molecule has 0 saturated heterocycles. The zero-order valence-electron chi connectivity index (χ0n) is 21.9. The molecular weight excluding hydrogens is 540 g/mol. The molecule has 4 rings (SSSR count). The number of rotatable bonds is 5. The van der Waals surface area contributed by atoms with Gasteiger partial charge in [-0.3, -0.25) is 4.79 Å². The van der Waals surface area contributed by atoms with Crippen molar-refractivity contribution in [3.63, 3.8) is 0 Å². The number of aryl methyl sites for hydroxylation is 1. The third-order valence-electron chi connectivity index (χ3n) is 5.14. The summed E-state index contributed by atoms with van der Waals surface area (Å²) in [5.74, 6) is -8.42. The van der Waals surface area contributed by atoms with Crippen molar-refractivity contribution in [1.82, 2.24) is 24.9 Å². The number of nitriles is 1. The Labute approximate surface area is 212 Å². The summed E-state index contributed by atoms with van der Waals surface area (Å²) in [5.41, 5.74) is -8.00. The zero-order chi connectivity index (χ0) is 31.1. The van der Waals surface area contributed by atoms with E-state index in [4.69, 9.17) is 17.1 Å². The average molecular weight is 557 g/mol. The molecule has 0 spiro atoms. The Morgan fingerprint density at radius 1 is 1.19 bits per heavy atom. The fourth-order valence-corrected chi connectivity index (χ4v) is 3.51. The molecule has 0 atom stereocenters. The minimum Gasteiger partial charge on any atom is -0.334 e. The zero-order valence-corrected chi connectivity index (χ0v) is 18.7. The van der Waals surface area contributed by atoms with Crippen LogP contribution in [0.1, 0.15) is 39.8 Å². The molecule has 2 aromatic heterocycles. The van der Waals surface area contributed by atoms with E-state index in [0.29, 0.717) is 11.7 Å². The molecule has 1 aromatic carbocycles. The minimum absolute atomic E-state index is 0.00944. The van der Waals surface area contributed by atoms with Crippen LogP contribution < -0.4 is 5.32 Å². The Bertz CT molecular complexity index is 1590. The van der Waals surface area contributed by atoms with Crippen LogP contribution in [0.5, 0.6) is 0 Å². The SMILES string of the molecule is [2H]C1([2H])C([2H])([2H])C1(C#N)NC(=O)c1cc(-c2cnn(-c3c(C(F)(F)F)c(C(F)(F)C(F)(F)F)nn3C)c2)ccc1Cl. The Morgan fingerprint density at radius 2 is 1.84 bits per heavy atom. The second-order valence-corrected chi connectivity index (χ2v) is 8.08. The van der Waals surface area contributed by atoms with Gasteiger partial charge < -0.3 is 5.32 Å². The molecule has 3 aromatic rings. The van der Waals surface area contributed by atoms with Crippen LogP contribution in [0.3, 0.4) is 0 Å². The predicted molar refractivity (Wildman–Crippen MR) is 111 cm³/mol. The smallest absolute Gasteiger partial charge is 0.334 e. The lowest BCUT2D eigenvalue weighted by molar-refractivity contribution is -0.292. The van der Waals surface area contributed by atoms with Gasteiger partial charge in [-0.05, 0) is 30.4 Å². The number of hydrogen-bond donors (Lipinski definition) is 1. The van der Waals surface area contributed by atoms with E-state index in [1.165, 1.54) is 12.1 Å². The number of alkyl halides is 8. The van der Waals surface area contributed by atoms with Crippen LogP contribution in [0, 0.1) is 11.3 Å². The monoisotopic (exact) mass is 556 g/mol. The Balaban J connectivity index is 1.76. The van der Waals surface area contributed by atoms with Crippen LogP contribution in [0.2, 0.25) is 5.02 Å². The van der Waals surface area contributed by atoms with Gasteiger partial charge in [-0.2, -0.15) is 50.6 Å². The maximum atomic E-state index is 14.0. The number of benzene rings is 1. The van der Waals surface area contributed by atoms with Crippen molar-refractivity contribution < 1.29 is 45.4 Å². The predicted octanol–water partition coefficient (Wildman–Crippen LogP) is 5.39. The van der Waals surface area contributed by atoms with E-state index in [9.17, 15) is 45.2 Å². The van der Waals surface area contributed by atoms with E-state index in [-0.39, 0.29) is 20.8 Å². The molecule has 37 heavy (non-hydrogen) atoms. The first-order valence-corrected chi connectivity index (χ1v) is 10.1. The van der Waals surface area contributed by atoms with E-state index >= 15 is 0 Å². The lowest BCUT2D eigenvalue weighted by atomic mass is 10.1. The molecule has 1 saturated carbocycles. The Hall–Kier alpha value is -3.67. The summed E-state index contributed by atoms with van der Waals surface area (Å²) in [4.78, 5) is 12.8. The number of halogens is 9. The van der Waals surface area contributed by atoms with Gasteiger partial charge in [0, 0.05) is 24.3 Å². The minimum atomic E-state index is -6.39. The van der Waals surface area contributed by atoms with Crippen molar-refractivity contribution in [2.45, 2.75) is 36.6 Å². The first kappa shape index (κ1) is 21.4. The quantitative estimate of drug-likeness (QED) is 0.427. The highest BCUT2D eigenvalue weighted by Gasteiger charge is 2.64. The van der Waals surface area contributed by atoms with Gasteiger partial charge in [0.2, 0.25) is 0 Å². The first-order chi connectivity index (χ1) is 18.5. The molecular formula is C21H13ClF8N6O. The van der Waals surface area contributed by atoms with E-state index in [0.717, 1.165) is 24.5 Å². The van der Waals surface area contributed by atoms with Gasteiger partial charge in [0.1, 0.15) is 11.1 Å². The lowest BCUT2D eigenvalue weighted by Gasteiger charge is -2.19. The Kier molecular flexibility index (Phi) is 4.88. The first-order valence-electron chi connectivity index (χ1n) is 11.7. The fourth-order valence-electron chi connectivity index (χ4n) is 3.31. The number of hydrogen-bond acceptors (Lipinski definition) is 4. The van der Waals surface area contributed by atoms with E-state index in [1.807, 2.05) is 5.32 Å².